The van der Waals surface area contributed by atoms with Gasteiger partial charge in [0.05, 0.1) is 5.69 Å². The Morgan fingerprint density at radius 3 is 2.50 bits per heavy atom. The minimum absolute atomic E-state index is 0.129. The van der Waals surface area contributed by atoms with Crippen molar-refractivity contribution in [1.29, 1.82) is 0 Å². The molecule has 2 aromatic heterocycles. The van der Waals surface area contributed by atoms with Crippen molar-refractivity contribution in [2.45, 2.75) is 46.6 Å². The predicted molar refractivity (Wildman–Crippen MR) is 83.8 cm³/mol. The molecule has 3 nitrogen and oxygen atoms in total. The number of fused-ring (bicyclic) bond motifs is 1. The van der Waals surface area contributed by atoms with Gasteiger partial charge in [-0.05, 0) is 44.2 Å². The van der Waals surface area contributed by atoms with E-state index in [1.54, 1.807) is 11.3 Å². The lowest BCUT2D eigenvalue weighted by molar-refractivity contribution is 0.282. The molecule has 0 aliphatic heterocycles. The Morgan fingerprint density at radius 1 is 1.20 bits per heavy atom. The number of rotatable bonds is 1. The first kappa shape index (κ1) is 13.7. The molecular formula is C16H21N3S. The molecule has 1 aliphatic carbocycles. The van der Waals surface area contributed by atoms with Crippen LogP contribution in [0.1, 0.15) is 48.3 Å². The van der Waals surface area contributed by atoms with E-state index in [1.165, 1.54) is 16.1 Å². The van der Waals surface area contributed by atoms with Crippen LogP contribution in [0.2, 0.25) is 0 Å². The maximum absolute atomic E-state index is 6.33. The van der Waals surface area contributed by atoms with E-state index in [9.17, 15) is 0 Å². The van der Waals surface area contributed by atoms with Gasteiger partial charge in [0.15, 0.2) is 0 Å². The summed E-state index contributed by atoms with van der Waals surface area (Å²) in [5, 5.41) is 1.08. The van der Waals surface area contributed by atoms with Crippen LogP contribution in [0.5, 0.6) is 0 Å². The smallest absolute Gasteiger partial charge is 0.124 e. The maximum atomic E-state index is 6.33. The molecule has 0 fully saturated rings. The number of nitrogens with zero attached hydrogens (tertiary/aromatic N) is 2. The molecule has 0 radical (unpaired) electrons. The molecule has 1 unspecified atom stereocenters. The molecule has 1 atom stereocenters. The van der Waals surface area contributed by atoms with E-state index >= 15 is 0 Å². The van der Waals surface area contributed by atoms with Crippen LogP contribution in [-0.4, -0.2) is 9.97 Å². The molecule has 0 amide bonds. The van der Waals surface area contributed by atoms with Crippen molar-refractivity contribution in [3.05, 3.63) is 34.1 Å². The molecule has 2 aromatic rings. The van der Waals surface area contributed by atoms with Crippen LogP contribution in [-0.2, 0) is 6.42 Å². The van der Waals surface area contributed by atoms with Gasteiger partial charge in [0.1, 0.15) is 5.01 Å². The van der Waals surface area contributed by atoms with Crippen LogP contribution in [0.4, 0.5) is 0 Å². The lowest BCUT2D eigenvalue weighted by Gasteiger charge is -2.32. The van der Waals surface area contributed by atoms with Crippen molar-refractivity contribution >= 4 is 11.3 Å². The second kappa shape index (κ2) is 4.64. The second-order valence-electron chi connectivity index (χ2n) is 6.62. The Balaban J connectivity index is 2.05. The molecule has 3 rings (SSSR count). The molecule has 2 N–H and O–H groups in total. The summed E-state index contributed by atoms with van der Waals surface area (Å²) in [6.45, 7) is 8.60. The molecule has 0 spiro atoms. The summed E-state index contributed by atoms with van der Waals surface area (Å²) in [6.07, 6.45) is 2.06. The van der Waals surface area contributed by atoms with Gasteiger partial charge in [-0.2, -0.15) is 0 Å². The summed E-state index contributed by atoms with van der Waals surface area (Å²) in [7, 11) is 0. The average molecular weight is 287 g/mol. The molecule has 0 bridgehead atoms. The molecule has 0 saturated carbocycles. The number of aromatic nitrogens is 2. The van der Waals surface area contributed by atoms with Crippen LogP contribution in [0, 0.1) is 19.3 Å². The average Bonchev–Trinajstić information content (AvgIpc) is 2.69. The number of aryl methyl sites for hydroxylation is 2. The van der Waals surface area contributed by atoms with Gasteiger partial charge in [-0.3, -0.25) is 4.98 Å². The highest BCUT2D eigenvalue weighted by Gasteiger charge is 2.33. The normalized spacial score (nSPS) is 20.8. The molecular weight excluding hydrogens is 266 g/mol. The topological polar surface area (TPSA) is 51.8 Å². The SMILES string of the molecule is Cc1cc(-c2nc3c(s2)C(N)CC(C)(C)C3)cc(C)n1. The largest absolute Gasteiger partial charge is 0.323 e. The molecule has 20 heavy (non-hydrogen) atoms. The lowest BCUT2D eigenvalue weighted by atomic mass is 9.77. The van der Waals surface area contributed by atoms with Crippen molar-refractivity contribution in [3.63, 3.8) is 0 Å². The minimum Gasteiger partial charge on any atom is -0.323 e. The number of hydrogen-bond acceptors (Lipinski definition) is 4. The van der Waals surface area contributed by atoms with Crippen molar-refractivity contribution in [1.82, 2.24) is 9.97 Å². The Labute approximate surface area is 124 Å². The van der Waals surface area contributed by atoms with Gasteiger partial charge >= 0.3 is 0 Å². The zero-order valence-electron chi connectivity index (χ0n) is 12.5. The summed E-state index contributed by atoms with van der Waals surface area (Å²) < 4.78 is 0. The van der Waals surface area contributed by atoms with E-state index < -0.39 is 0 Å². The monoisotopic (exact) mass is 287 g/mol. The maximum Gasteiger partial charge on any atom is 0.124 e. The molecule has 0 aromatic carbocycles. The van der Waals surface area contributed by atoms with Gasteiger partial charge in [-0.25, -0.2) is 4.98 Å². The third-order valence-electron chi connectivity index (χ3n) is 3.81. The molecule has 2 heterocycles. The van der Waals surface area contributed by atoms with Crippen LogP contribution in [0.25, 0.3) is 10.6 Å². The van der Waals surface area contributed by atoms with Crippen LogP contribution in [0.3, 0.4) is 0 Å². The lowest BCUT2D eigenvalue weighted by Crippen LogP contribution is -2.28. The van der Waals surface area contributed by atoms with Gasteiger partial charge in [0.2, 0.25) is 0 Å². The molecule has 4 heteroatoms. The summed E-state index contributed by atoms with van der Waals surface area (Å²) >= 11 is 1.75. The fourth-order valence-electron chi connectivity index (χ4n) is 3.07. The van der Waals surface area contributed by atoms with Crippen molar-refractivity contribution < 1.29 is 0 Å². The minimum atomic E-state index is 0.129. The second-order valence-corrected chi connectivity index (χ2v) is 7.65. The van der Waals surface area contributed by atoms with Crippen LogP contribution < -0.4 is 5.73 Å². The summed E-state index contributed by atoms with van der Waals surface area (Å²) in [5.74, 6) is 0. The van der Waals surface area contributed by atoms with Crippen molar-refractivity contribution in [2.75, 3.05) is 0 Å². The van der Waals surface area contributed by atoms with E-state index in [2.05, 4.69) is 31.0 Å². The fraction of sp³-hybridized carbons (Fsp3) is 0.500. The van der Waals surface area contributed by atoms with E-state index in [1.807, 2.05) is 13.8 Å². The quantitative estimate of drug-likeness (QED) is 0.868. The first-order chi connectivity index (χ1) is 9.34. The molecule has 106 valence electrons. The molecule has 0 saturated heterocycles. The van der Waals surface area contributed by atoms with Gasteiger partial charge in [0.25, 0.3) is 0 Å². The van der Waals surface area contributed by atoms with Gasteiger partial charge in [-0.1, -0.05) is 13.8 Å². The highest BCUT2D eigenvalue weighted by molar-refractivity contribution is 7.15. The third-order valence-corrected chi connectivity index (χ3v) is 5.09. The zero-order chi connectivity index (χ0) is 14.5. The first-order valence-corrected chi connectivity index (χ1v) is 7.86. The highest BCUT2D eigenvalue weighted by Crippen LogP contribution is 2.43. The highest BCUT2D eigenvalue weighted by atomic mass is 32.1. The van der Waals surface area contributed by atoms with Gasteiger partial charge in [-0.15, -0.1) is 11.3 Å². The molecule has 1 aliphatic rings. The van der Waals surface area contributed by atoms with E-state index in [0.29, 0.717) is 0 Å². The van der Waals surface area contributed by atoms with E-state index in [0.717, 1.165) is 29.2 Å². The summed E-state index contributed by atoms with van der Waals surface area (Å²) in [4.78, 5) is 10.6. The van der Waals surface area contributed by atoms with Crippen molar-refractivity contribution in [3.8, 4) is 10.6 Å². The Morgan fingerprint density at radius 2 is 1.85 bits per heavy atom. The number of nitrogens with two attached hydrogens (primary N) is 1. The van der Waals surface area contributed by atoms with E-state index in [-0.39, 0.29) is 11.5 Å². The van der Waals surface area contributed by atoms with Crippen LogP contribution in [0.15, 0.2) is 12.1 Å². The Bertz CT molecular complexity index is 637. The standard InChI is InChI=1S/C16H21N3S/c1-9-5-11(6-10(2)18-9)15-19-13-8-16(3,4)7-12(17)14(13)20-15/h5-6,12H,7-8,17H2,1-4H3. The van der Waals surface area contributed by atoms with Gasteiger partial charge < -0.3 is 5.73 Å². The van der Waals surface area contributed by atoms with Crippen LogP contribution >= 0.6 is 11.3 Å². The number of hydrogen-bond donors (Lipinski definition) is 1. The zero-order valence-corrected chi connectivity index (χ0v) is 13.3. The third kappa shape index (κ3) is 2.50. The van der Waals surface area contributed by atoms with E-state index in [4.69, 9.17) is 10.7 Å². The Kier molecular flexibility index (Phi) is 3.18. The fourth-order valence-corrected chi connectivity index (χ4v) is 4.14. The summed E-state index contributed by atoms with van der Waals surface area (Å²) in [5.41, 5.74) is 11.0. The summed E-state index contributed by atoms with van der Waals surface area (Å²) in [6, 6.07) is 4.34. The number of pyridine rings is 1. The number of thiazole rings is 1. The Hall–Kier alpha value is -1.26. The predicted octanol–water partition coefficient (Wildman–Crippen LogP) is 3.79. The van der Waals surface area contributed by atoms with Gasteiger partial charge in [0, 0.05) is 27.9 Å². The first-order valence-electron chi connectivity index (χ1n) is 7.05. The van der Waals surface area contributed by atoms with Crippen molar-refractivity contribution in [2.24, 2.45) is 11.1 Å².